The van der Waals surface area contributed by atoms with Crippen LogP contribution in [0, 0.1) is 11.3 Å². The average molecular weight is 352 g/mol. The number of amides is 1. The maximum atomic E-state index is 12.2. The van der Waals surface area contributed by atoms with Crippen molar-refractivity contribution in [3.05, 3.63) is 65.2 Å². The van der Waals surface area contributed by atoms with Crippen LogP contribution in [0.15, 0.2) is 48.5 Å². The molecule has 0 heterocycles. The Bertz CT molecular complexity index is 794. The summed E-state index contributed by atoms with van der Waals surface area (Å²) in [6.07, 6.45) is 0.812. The molecule has 1 amide bonds. The summed E-state index contributed by atoms with van der Waals surface area (Å²) in [6.45, 7) is 0.724. The lowest BCUT2D eigenvalue weighted by Crippen LogP contribution is -2.22. The first kappa shape index (κ1) is 19.0. The summed E-state index contributed by atoms with van der Waals surface area (Å²) in [5.41, 5.74) is 2.25. The van der Waals surface area contributed by atoms with Gasteiger partial charge in [0.1, 0.15) is 5.75 Å². The molecule has 2 aromatic carbocycles. The molecule has 26 heavy (non-hydrogen) atoms. The first-order valence-corrected chi connectivity index (χ1v) is 8.26. The van der Waals surface area contributed by atoms with Crippen LogP contribution < -0.4 is 10.1 Å². The zero-order chi connectivity index (χ0) is 18.8. The van der Waals surface area contributed by atoms with Gasteiger partial charge >= 0.3 is 5.97 Å². The van der Waals surface area contributed by atoms with Crippen LogP contribution in [0.1, 0.15) is 34.3 Å². The maximum Gasteiger partial charge on any atom is 0.303 e. The highest BCUT2D eigenvalue weighted by atomic mass is 16.5. The first-order chi connectivity index (χ1) is 12.6. The number of hydrogen-bond donors (Lipinski definition) is 2. The third kappa shape index (κ3) is 6.29. The number of rotatable bonds is 9. The van der Waals surface area contributed by atoms with Crippen molar-refractivity contribution in [1.82, 2.24) is 5.32 Å². The van der Waals surface area contributed by atoms with Crippen LogP contribution in [0.2, 0.25) is 0 Å². The summed E-state index contributed by atoms with van der Waals surface area (Å²) in [6, 6.07) is 16.3. The molecule has 134 valence electrons. The van der Waals surface area contributed by atoms with Gasteiger partial charge in [-0.1, -0.05) is 24.3 Å². The van der Waals surface area contributed by atoms with E-state index in [-0.39, 0.29) is 18.7 Å². The largest absolute Gasteiger partial charge is 0.494 e. The van der Waals surface area contributed by atoms with Gasteiger partial charge < -0.3 is 15.2 Å². The van der Waals surface area contributed by atoms with Gasteiger partial charge in [-0.05, 0) is 41.8 Å². The van der Waals surface area contributed by atoms with Gasteiger partial charge in [0.25, 0.3) is 5.91 Å². The fourth-order valence-corrected chi connectivity index (χ4v) is 2.32. The number of nitriles is 1. The number of carbonyl (C=O) groups is 2. The lowest BCUT2D eigenvalue weighted by molar-refractivity contribution is -0.137. The van der Waals surface area contributed by atoms with Gasteiger partial charge in [-0.15, -0.1) is 0 Å². The van der Waals surface area contributed by atoms with Crippen molar-refractivity contribution in [1.29, 1.82) is 5.26 Å². The maximum absolute atomic E-state index is 12.2. The van der Waals surface area contributed by atoms with Crippen LogP contribution in [-0.2, 0) is 17.8 Å². The number of carboxylic acid groups (broad SMARTS) is 1. The molecular formula is C20H20N2O4. The Balaban J connectivity index is 1.82. The fourth-order valence-electron chi connectivity index (χ4n) is 2.32. The summed E-state index contributed by atoms with van der Waals surface area (Å²) >= 11 is 0. The minimum atomic E-state index is -0.835. The highest BCUT2D eigenvalue weighted by molar-refractivity contribution is 5.94. The van der Waals surface area contributed by atoms with E-state index in [1.54, 1.807) is 30.3 Å². The summed E-state index contributed by atoms with van der Waals surface area (Å²) < 4.78 is 5.47. The number of nitrogens with one attached hydrogen (secondary N) is 1. The van der Waals surface area contributed by atoms with E-state index in [0.29, 0.717) is 30.9 Å². The third-order valence-electron chi connectivity index (χ3n) is 3.65. The molecule has 0 aliphatic heterocycles. The van der Waals surface area contributed by atoms with Crippen molar-refractivity contribution in [2.75, 3.05) is 6.61 Å². The minimum absolute atomic E-state index is 0.0830. The number of carboxylic acids is 1. The predicted molar refractivity (Wildman–Crippen MR) is 95.7 cm³/mol. The Kier molecular flexibility index (Phi) is 7.19. The Morgan fingerprint density at radius 2 is 1.88 bits per heavy atom. The third-order valence-corrected chi connectivity index (χ3v) is 3.65. The normalized spacial score (nSPS) is 9.96. The second-order valence-electron chi connectivity index (χ2n) is 5.71. The monoisotopic (exact) mass is 352 g/mol. The van der Waals surface area contributed by atoms with Crippen molar-refractivity contribution in [2.45, 2.75) is 25.8 Å². The van der Waals surface area contributed by atoms with E-state index < -0.39 is 5.97 Å². The van der Waals surface area contributed by atoms with E-state index in [4.69, 9.17) is 15.1 Å². The molecule has 0 spiro atoms. The SMILES string of the molecule is N#CCc1cccc(C(=O)NCc2ccc(OCCCC(=O)O)cc2)c1. The molecule has 0 saturated heterocycles. The van der Waals surface area contributed by atoms with E-state index in [2.05, 4.69) is 11.4 Å². The Hall–Kier alpha value is -3.33. The van der Waals surface area contributed by atoms with Crippen LogP contribution in [0.5, 0.6) is 5.75 Å². The molecule has 2 rings (SSSR count). The molecular weight excluding hydrogens is 332 g/mol. The molecule has 0 saturated carbocycles. The van der Waals surface area contributed by atoms with E-state index in [0.717, 1.165) is 11.1 Å². The van der Waals surface area contributed by atoms with Gasteiger partial charge in [0.05, 0.1) is 19.1 Å². The summed E-state index contributed by atoms with van der Waals surface area (Å²) in [7, 11) is 0. The van der Waals surface area contributed by atoms with E-state index in [1.807, 2.05) is 18.2 Å². The van der Waals surface area contributed by atoms with Crippen LogP contribution >= 0.6 is 0 Å². The Labute approximate surface area is 152 Å². The van der Waals surface area contributed by atoms with E-state index >= 15 is 0 Å². The highest BCUT2D eigenvalue weighted by Crippen LogP contribution is 2.13. The molecule has 0 aliphatic carbocycles. The molecule has 0 bridgehead atoms. The highest BCUT2D eigenvalue weighted by Gasteiger charge is 2.06. The standard InChI is InChI=1S/C20H20N2O4/c21-11-10-15-3-1-4-17(13-15)20(25)22-14-16-6-8-18(9-7-16)26-12-2-5-19(23)24/h1,3-4,6-9,13H,2,5,10,12,14H2,(H,22,25)(H,23,24). The van der Waals surface area contributed by atoms with Crippen LogP contribution in [0.25, 0.3) is 0 Å². The summed E-state index contributed by atoms with van der Waals surface area (Å²) in [4.78, 5) is 22.6. The molecule has 0 radical (unpaired) electrons. The minimum Gasteiger partial charge on any atom is -0.494 e. The van der Waals surface area contributed by atoms with Gasteiger partial charge in [0.15, 0.2) is 0 Å². The van der Waals surface area contributed by atoms with Crippen molar-refractivity contribution in [3.8, 4) is 11.8 Å². The van der Waals surface area contributed by atoms with Gasteiger partial charge in [0.2, 0.25) is 0 Å². The second kappa shape index (κ2) is 9.84. The Morgan fingerprint density at radius 1 is 1.12 bits per heavy atom. The number of benzene rings is 2. The zero-order valence-corrected chi connectivity index (χ0v) is 14.3. The van der Waals surface area contributed by atoms with Gasteiger partial charge in [-0.25, -0.2) is 0 Å². The molecule has 0 fully saturated rings. The first-order valence-electron chi connectivity index (χ1n) is 8.26. The number of aliphatic carboxylic acids is 1. The lowest BCUT2D eigenvalue weighted by Gasteiger charge is -2.08. The predicted octanol–water partition coefficient (Wildman–Crippen LogP) is 2.93. The molecule has 0 unspecified atom stereocenters. The van der Waals surface area contributed by atoms with E-state index in [1.165, 1.54) is 0 Å². The van der Waals surface area contributed by atoms with Crippen LogP contribution in [0.4, 0.5) is 0 Å². The molecule has 2 aromatic rings. The molecule has 6 heteroatoms. The van der Waals surface area contributed by atoms with Crippen LogP contribution in [0.3, 0.4) is 0 Å². The van der Waals surface area contributed by atoms with Crippen molar-refractivity contribution >= 4 is 11.9 Å². The molecule has 6 nitrogen and oxygen atoms in total. The molecule has 0 atom stereocenters. The Morgan fingerprint density at radius 3 is 2.58 bits per heavy atom. The number of carbonyl (C=O) groups excluding carboxylic acids is 1. The lowest BCUT2D eigenvalue weighted by atomic mass is 10.1. The smallest absolute Gasteiger partial charge is 0.303 e. The van der Waals surface area contributed by atoms with Crippen LogP contribution in [-0.4, -0.2) is 23.6 Å². The zero-order valence-electron chi connectivity index (χ0n) is 14.3. The quantitative estimate of drug-likeness (QED) is 0.676. The summed E-state index contributed by atoms with van der Waals surface area (Å²) in [5.74, 6) is -0.369. The fraction of sp³-hybridized carbons (Fsp3) is 0.250. The molecule has 0 aromatic heterocycles. The van der Waals surface area contributed by atoms with Gasteiger partial charge in [-0.3, -0.25) is 9.59 Å². The number of nitrogens with zero attached hydrogens (tertiary/aromatic N) is 1. The topological polar surface area (TPSA) is 99.4 Å². The number of hydrogen-bond acceptors (Lipinski definition) is 4. The van der Waals surface area contributed by atoms with Gasteiger partial charge in [0, 0.05) is 18.5 Å². The second-order valence-corrected chi connectivity index (χ2v) is 5.71. The summed E-state index contributed by atoms with van der Waals surface area (Å²) in [5, 5.41) is 20.1. The number of ether oxygens (including phenoxy) is 1. The van der Waals surface area contributed by atoms with Gasteiger partial charge in [-0.2, -0.15) is 5.26 Å². The average Bonchev–Trinajstić information content (AvgIpc) is 2.64. The van der Waals surface area contributed by atoms with E-state index in [9.17, 15) is 9.59 Å². The van der Waals surface area contributed by atoms with Crippen molar-refractivity contribution < 1.29 is 19.4 Å². The van der Waals surface area contributed by atoms with Crippen molar-refractivity contribution in [3.63, 3.8) is 0 Å². The molecule has 0 aliphatic rings. The van der Waals surface area contributed by atoms with Crippen molar-refractivity contribution in [2.24, 2.45) is 0 Å². The molecule has 2 N–H and O–H groups in total.